The minimum atomic E-state index is -0.630. The molecule has 36 heavy (non-hydrogen) atoms. The van der Waals surface area contributed by atoms with E-state index in [0.29, 0.717) is 25.0 Å². The van der Waals surface area contributed by atoms with Crippen LogP contribution in [0.15, 0.2) is 12.4 Å². The maximum atomic E-state index is 12.8. The van der Waals surface area contributed by atoms with Crippen molar-refractivity contribution >= 4 is 30.5 Å². The van der Waals surface area contributed by atoms with Gasteiger partial charge < -0.3 is 29.2 Å². The van der Waals surface area contributed by atoms with Gasteiger partial charge in [0, 0.05) is 44.5 Å². The lowest BCUT2D eigenvalue weighted by Crippen LogP contribution is -2.50. The maximum absolute atomic E-state index is 12.8. The Morgan fingerprint density at radius 2 is 1.69 bits per heavy atom. The zero-order valence-corrected chi connectivity index (χ0v) is 23.3. The number of aromatic nitrogens is 2. The van der Waals surface area contributed by atoms with E-state index in [2.05, 4.69) is 15.3 Å². The van der Waals surface area contributed by atoms with Crippen LogP contribution in [-0.4, -0.2) is 83.5 Å². The van der Waals surface area contributed by atoms with Crippen LogP contribution in [0.3, 0.4) is 0 Å². The van der Waals surface area contributed by atoms with Gasteiger partial charge in [-0.15, -0.1) is 0 Å². The van der Waals surface area contributed by atoms with Gasteiger partial charge in [-0.3, -0.25) is 4.79 Å². The number of ether oxygens (including phenoxy) is 1. The molecule has 2 aliphatic rings. The molecule has 2 fully saturated rings. The Kier molecular flexibility index (Phi) is 8.25. The fraction of sp³-hybridized carbons (Fsp3) is 0.760. The smallest absolute Gasteiger partial charge is 0.444 e. The van der Waals surface area contributed by atoms with Gasteiger partial charge in [0.15, 0.2) is 0 Å². The van der Waals surface area contributed by atoms with Crippen molar-refractivity contribution in [3.63, 3.8) is 0 Å². The molecule has 200 valence electrons. The van der Waals surface area contributed by atoms with Crippen LogP contribution in [0, 0.1) is 5.92 Å². The first-order valence-electron chi connectivity index (χ1n) is 12.7. The van der Waals surface area contributed by atoms with Crippen LogP contribution in [0.25, 0.3) is 0 Å². The summed E-state index contributed by atoms with van der Waals surface area (Å²) in [5.74, 6) is 0.970. The number of nitrogens with one attached hydrogen (secondary N) is 1. The van der Waals surface area contributed by atoms with Crippen molar-refractivity contribution in [3.8, 4) is 0 Å². The number of piperidine rings is 1. The summed E-state index contributed by atoms with van der Waals surface area (Å²) in [5.41, 5.74) is -0.626. The van der Waals surface area contributed by atoms with Crippen LogP contribution in [0.2, 0.25) is 0 Å². The third kappa shape index (κ3) is 6.88. The summed E-state index contributed by atoms with van der Waals surface area (Å²) in [4.78, 5) is 37.7. The van der Waals surface area contributed by atoms with Crippen LogP contribution in [0.4, 0.5) is 10.7 Å². The summed E-state index contributed by atoms with van der Waals surface area (Å²) >= 11 is 0. The second-order valence-corrected chi connectivity index (χ2v) is 11.9. The number of hydrogen-bond donors (Lipinski definition) is 1. The van der Waals surface area contributed by atoms with Gasteiger partial charge in [0.2, 0.25) is 11.9 Å². The molecule has 1 aromatic rings. The number of carbonyl (C=O) groups excluding carboxylic acids is 2. The summed E-state index contributed by atoms with van der Waals surface area (Å²) < 4.78 is 17.4. The normalized spacial score (nSPS) is 20.7. The van der Waals surface area contributed by atoms with E-state index in [0.717, 1.165) is 24.8 Å². The highest BCUT2D eigenvalue weighted by Crippen LogP contribution is 2.36. The predicted octanol–water partition coefficient (Wildman–Crippen LogP) is 2.36. The monoisotopic (exact) mass is 503 g/mol. The second-order valence-electron chi connectivity index (χ2n) is 11.9. The summed E-state index contributed by atoms with van der Waals surface area (Å²) in [6.45, 7) is 17.2. The molecule has 1 aromatic heterocycles. The molecule has 0 aliphatic carbocycles. The quantitative estimate of drug-likeness (QED) is 0.590. The SMILES string of the molecule is C[C@H](NC(=O)OC(C)(C)C)C(=O)N1CCC(CN(C)c2ncc(B3OC(C)(C)C(C)(C)O3)cn2)CC1. The number of nitrogens with zero attached hydrogens (tertiary/aromatic N) is 4. The van der Waals surface area contributed by atoms with E-state index in [1.165, 1.54) is 0 Å². The Morgan fingerprint density at radius 1 is 1.17 bits per heavy atom. The number of alkyl carbamates (subject to hydrolysis) is 1. The van der Waals surface area contributed by atoms with Gasteiger partial charge in [0.25, 0.3) is 0 Å². The van der Waals surface area contributed by atoms with Crippen molar-refractivity contribution in [2.24, 2.45) is 5.92 Å². The minimum Gasteiger partial charge on any atom is -0.444 e. The largest absolute Gasteiger partial charge is 0.498 e. The number of amides is 2. The van der Waals surface area contributed by atoms with E-state index < -0.39 is 36.1 Å². The summed E-state index contributed by atoms with van der Waals surface area (Å²) in [7, 11) is 1.50. The van der Waals surface area contributed by atoms with E-state index >= 15 is 0 Å². The van der Waals surface area contributed by atoms with E-state index in [1.54, 1.807) is 40.1 Å². The number of anilines is 1. The highest BCUT2D eigenvalue weighted by atomic mass is 16.7. The molecule has 3 heterocycles. The van der Waals surface area contributed by atoms with Crippen LogP contribution < -0.4 is 15.7 Å². The molecule has 11 heteroatoms. The Morgan fingerprint density at radius 3 is 2.19 bits per heavy atom. The number of rotatable bonds is 6. The molecule has 10 nitrogen and oxygen atoms in total. The third-order valence-electron chi connectivity index (χ3n) is 7.09. The molecule has 2 amide bonds. The zero-order chi connectivity index (χ0) is 26.9. The molecule has 2 aliphatic heterocycles. The molecule has 3 rings (SSSR count). The lowest BCUT2D eigenvalue weighted by molar-refractivity contribution is -0.134. The topological polar surface area (TPSA) is 106 Å². The molecule has 1 N–H and O–H groups in total. The van der Waals surface area contributed by atoms with Crippen LogP contribution >= 0.6 is 0 Å². The molecule has 0 aromatic carbocycles. The Balaban J connectivity index is 1.46. The number of hydrogen-bond acceptors (Lipinski definition) is 8. The molecule has 0 saturated carbocycles. The van der Waals surface area contributed by atoms with Gasteiger partial charge in [-0.25, -0.2) is 14.8 Å². The van der Waals surface area contributed by atoms with E-state index in [1.807, 2.05) is 44.5 Å². The maximum Gasteiger partial charge on any atom is 0.498 e. The Bertz CT molecular complexity index is 910. The van der Waals surface area contributed by atoms with Crippen molar-refractivity contribution in [1.29, 1.82) is 0 Å². The summed E-state index contributed by atoms with van der Waals surface area (Å²) in [5, 5.41) is 2.64. The van der Waals surface area contributed by atoms with Gasteiger partial charge >= 0.3 is 13.2 Å². The molecule has 2 saturated heterocycles. The van der Waals surface area contributed by atoms with E-state index in [9.17, 15) is 9.59 Å². The van der Waals surface area contributed by atoms with Crippen molar-refractivity contribution in [2.75, 3.05) is 31.6 Å². The molecule has 0 radical (unpaired) electrons. The standard InChI is InChI=1S/C25H42BN5O5/c1-17(29-22(33)34-23(2,3)4)20(32)31-12-10-18(11-13-31)16-30(9)21-27-14-19(15-28-21)26-35-24(5,6)25(7,8)36-26/h14-15,17-18H,10-13,16H2,1-9H3,(H,29,33)/t17-/m0/s1. The lowest BCUT2D eigenvalue weighted by atomic mass is 9.81. The van der Waals surface area contributed by atoms with Gasteiger partial charge in [0.05, 0.1) is 11.2 Å². The van der Waals surface area contributed by atoms with E-state index in [-0.39, 0.29) is 5.91 Å². The Hall–Kier alpha value is -2.40. The van der Waals surface area contributed by atoms with Crippen molar-refractivity contribution < 1.29 is 23.6 Å². The van der Waals surface area contributed by atoms with Gasteiger partial charge in [-0.05, 0) is 74.1 Å². The van der Waals surface area contributed by atoms with E-state index in [4.69, 9.17) is 14.0 Å². The molecule has 1 atom stereocenters. The molecular weight excluding hydrogens is 461 g/mol. The average Bonchev–Trinajstić information content (AvgIpc) is 2.99. The number of likely N-dealkylation sites (tertiary alicyclic amines) is 1. The molecule has 0 spiro atoms. The van der Waals surface area contributed by atoms with Crippen LogP contribution in [0.1, 0.15) is 68.2 Å². The molecule has 0 unspecified atom stereocenters. The summed E-state index contributed by atoms with van der Waals surface area (Å²) in [6, 6.07) is -0.630. The van der Waals surface area contributed by atoms with Gasteiger partial charge in [0.1, 0.15) is 11.6 Å². The average molecular weight is 503 g/mol. The lowest BCUT2D eigenvalue weighted by Gasteiger charge is -2.35. The number of carbonyl (C=O) groups is 2. The first-order chi connectivity index (χ1) is 16.6. The highest BCUT2D eigenvalue weighted by molar-refractivity contribution is 6.61. The minimum absolute atomic E-state index is 0.0886. The third-order valence-corrected chi connectivity index (χ3v) is 7.09. The van der Waals surface area contributed by atoms with Gasteiger partial charge in [-0.1, -0.05) is 0 Å². The fourth-order valence-corrected chi connectivity index (χ4v) is 4.25. The van der Waals surface area contributed by atoms with Crippen LogP contribution in [0.5, 0.6) is 0 Å². The Labute approximate surface area is 215 Å². The van der Waals surface area contributed by atoms with Crippen LogP contribution in [-0.2, 0) is 18.8 Å². The predicted molar refractivity (Wildman–Crippen MR) is 139 cm³/mol. The van der Waals surface area contributed by atoms with Crippen molar-refractivity contribution in [2.45, 2.75) is 91.1 Å². The first kappa shape index (κ1) is 28.2. The van der Waals surface area contributed by atoms with Crippen molar-refractivity contribution in [1.82, 2.24) is 20.2 Å². The van der Waals surface area contributed by atoms with Crippen molar-refractivity contribution in [3.05, 3.63) is 12.4 Å². The molecule has 0 bridgehead atoms. The molecular formula is C25H42BN5O5. The fourth-order valence-electron chi connectivity index (χ4n) is 4.25. The highest BCUT2D eigenvalue weighted by Gasteiger charge is 2.52. The van der Waals surface area contributed by atoms with Gasteiger partial charge in [-0.2, -0.15) is 0 Å². The first-order valence-corrected chi connectivity index (χ1v) is 12.7. The summed E-state index contributed by atoms with van der Waals surface area (Å²) in [6.07, 6.45) is 4.70. The zero-order valence-electron chi connectivity index (χ0n) is 23.3. The second kappa shape index (κ2) is 10.5.